The summed E-state index contributed by atoms with van der Waals surface area (Å²) >= 11 is 0. The van der Waals surface area contributed by atoms with Gasteiger partial charge in [0.2, 0.25) is 0 Å². The minimum Gasteiger partial charge on any atom is -0.339 e. The van der Waals surface area contributed by atoms with Gasteiger partial charge in [0.25, 0.3) is 5.91 Å². The third-order valence-electron chi connectivity index (χ3n) is 2.50. The number of carbonyl (C=O) groups excluding carboxylic acids is 1. The molecule has 1 aromatic carbocycles. The third kappa shape index (κ3) is 2.38. The molecule has 0 aliphatic carbocycles. The van der Waals surface area contributed by atoms with Crippen LogP contribution in [0.1, 0.15) is 29.8 Å². The van der Waals surface area contributed by atoms with E-state index in [2.05, 4.69) is 0 Å². The number of hydrogen-bond donors (Lipinski definition) is 0. The van der Waals surface area contributed by atoms with E-state index in [0.717, 1.165) is 12.1 Å². The molecule has 0 aliphatic rings. The van der Waals surface area contributed by atoms with Gasteiger partial charge in [-0.2, -0.15) is 0 Å². The summed E-state index contributed by atoms with van der Waals surface area (Å²) in [7, 11) is 1.52. The van der Waals surface area contributed by atoms with Gasteiger partial charge in [-0.15, -0.1) is 0 Å². The number of nitrogens with zero attached hydrogens (tertiary/aromatic N) is 1. The molecule has 0 saturated heterocycles. The van der Waals surface area contributed by atoms with Crippen LogP contribution >= 0.6 is 0 Å². The van der Waals surface area contributed by atoms with Gasteiger partial charge in [-0.05, 0) is 38.5 Å². The molecule has 0 radical (unpaired) electrons. The predicted molar refractivity (Wildman–Crippen MR) is 58.3 cm³/mol. The van der Waals surface area contributed by atoms with E-state index < -0.39 is 23.1 Å². The first-order chi connectivity index (χ1) is 7.34. The van der Waals surface area contributed by atoms with Gasteiger partial charge >= 0.3 is 0 Å². The lowest BCUT2D eigenvalue weighted by Crippen LogP contribution is -2.34. The van der Waals surface area contributed by atoms with Crippen molar-refractivity contribution in [3.05, 3.63) is 34.9 Å². The van der Waals surface area contributed by atoms with Crippen LogP contribution in [-0.4, -0.2) is 23.9 Å². The molecule has 88 valence electrons. The van der Waals surface area contributed by atoms with Crippen molar-refractivity contribution in [2.45, 2.75) is 26.8 Å². The number of halogens is 2. The highest BCUT2D eigenvalue weighted by Crippen LogP contribution is 2.17. The van der Waals surface area contributed by atoms with Crippen molar-refractivity contribution in [2.75, 3.05) is 7.05 Å². The van der Waals surface area contributed by atoms with Crippen LogP contribution in [0.15, 0.2) is 12.1 Å². The fraction of sp³-hybridized carbons (Fsp3) is 0.417. The van der Waals surface area contributed by atoms with Crippen molar-refractivity contribution in [1.82, 2.24) is 4.90 Å². The van der Waals surface area contributed by atoms with Gasteiger partial charge in [0.05, 0.1) is 0 Å². The highest BCUT2D eigenvalue weighted by Gasteiger charge is 2.22. The van der Waals surface area contributed by atoms with Crippen LogP contribution in [0.4, 0.5) is 8.78 Å². The summed E-state index contributed by atoms with van der Waals surface area (Å²) in [4.78, 5) is 13.1. The molecule has 0 unspecified atom stereocenters. The van der Waals surface area contributed by atoms with E-state index in [1.807, 2.05) is 0 Å². The Bertz CT molecular complexity index is 392. The van der Waals surface area contributed by atoms with Crippen LogP contribution in [0.3, 0.4) is 0 Å². The second-order valence-electron chi connectivity index (χ2n) is 4.11. The van der Waals surface area contributed by atoms with E-state index in [9.17, 15) is 13.6 Å². The quantitative estimate of drug-likeness (QED) is 0.760. The number of aryl methyl sites for hydroxylation is 1. The van der Waals surface area contributed by atoms with Crippen molar-refractivity contribution >= 4 is 5.91 Å². The maximum Gasteiger partial charge on any atom is 0.259 e. The number of benzene rings is 1. The normalized spacial score (nSPS) is 10.7. The summed E-state index contributed by atoms with van der Waals surface area (Å²) in [6, 6.07) is 2.21. The predicted octanol–water partition coefficient (Wildman–Crippen LogP) is 2.75. The van der Waals surface area contributed by atoms with E-state index in [1.165, 1.54) is 11.9 Å². The van der Waals surface area contributed by atoms with E-state index in [4.69, 9.17) is 0 Å². The molecular formula is C12H15F2NO. The van der Waals surface area contributed by atoms with Crippen LogP contribution in [0.5, 0.6) is 0 Å². The van der Waals surface area contributed by atoms with Gasteiger partial charge in [0.15, 0.2) is 0 Å². The molecule has 0 atom stereocenters. The first-order valence-corrected chi connectivity index (χ1v) is 5.07. The zero-order chi connectivity index (χ0) is 12.5. The van der Waals surface area contributed by atoms with Crippen LogP contribution in [0, 0.1) is 18.6 Å². The molecule has 0 fully saturated rings. The fourth-order valence-corrected chi connectivity index (χ4v) is 1.32. The van der Waals surface area contributed by atoms with Crippen molar-refractivity contribution < 1.29 is 13.6 Å². The Morgan fingerprint density at radius 2 is 1.69 bits per heavy atom. The van der Waals surface area contributed by atoms with Crippen molar-refractivity contribution in [3.8, 4) is 0 Å². The van der Waals surface area contributed by atoms with E-state index >= 15 is 0 Å². The second-order valence-corrected chi connectivity index (χ2v) is 4.11. The maximum absolute atomic E-state index is 13.5. The first-order valence-electron chi connectivity index (χ1n) is 5.07. The van der Waals surface area contributed by atoms with Crippen molar-refractivity contribution in [3.63, 3.8) is 0 Å². The average Bonchev–Trinajstić information content (AvgIpc) is 2.14. The Labute approximate surface area is 93.9 Å². The number of carbonyl (C=O) groups is 1. The van der Waals surface area contributed by atoms with Gasteiger partial charge in [-0.25, -0.2) is 8.78 Å². The van der Waals surface area contributed by atoms with Gasteiger partial charge < -0.3 is 4.90 Å². The largest absolute Gasteiger partial charge is 0.339 e. The molecule has 0 bridgehead atoms. The SMILES string of the molecule is Cc1cc(F)c(C(=O)N(C)C(C)C)c(F)c1. The molecule has 1 rings (SSSR count). The zero-order valence-electron chi connectivity index (χ0n) is 9.84. The molecular weight excluding hydrogens is 212 g/mol. The number of amides is 1. The van der Waals surface area contributed by atoms with Gasteiger partial charge in [0.1, 0.15) is 17.2 Å². The molecule has 16 heavy (non-hydrogen) atoms. The Morgan fingerprint density at radius 3 is 2.06 bits per heavy atom. The van der Waals surface area contributed by atoms with Crippen molar-refractivity contribution in [1.29, 1.82) is 0 Å². The monoisotopic (exact) mass is 227 g/mol. The Hall–Kier alpha value is -1.45. The van der Waals surface area contributed by atoms with E-state index in [-0.39, 0.29) is 6.04 Å². The number of rotatable bonds is 2. The second kappa shape index (κ2) is 4.60. The summed E-state index contributed by atoms with van der Waals surface area (Å²) < 4.78 is 27.0. The zero-order valence-corrected chi connectivity index (χ0v) is 9.84. The lowest BCUT2D eigenvalue weighted by atomic mass is 10.1. The minimum atomic E-state index is -0.810. The van der Waals surface area contributed by atoms with Gasteiger partial charge in [-0.1, -0.05) is 0 Å². The Balaban J connectivity index is 3.19. The smallest absolute Gasteiger partial charge is 0.259 e. The van der Waals surface area contributed by atoms with Crippen LogP contribution in [-0.2, 0) is 0 Å². The molecule has 2 nitrogen and oxygen atoms in total. The average molecular weight is 227 g/mol. The highest BCUT2D eigenvalue weighted by atomic mass is 19.1. The highest BCUT2D eigenvalue weighted by molar-refractivity contribution is 5.94. The molecule has 0 aliphatic heterocycles. The number of hydrogen-bond acceptors (Lipinski definition) is 1. The first kappa shape index (κ1) is 12.6. The maximum atomic E-state index is 13.5. The Morgan fingerprint density at radius 1 is 1.25 bits per heavy atom. The summed E-state index contributed by atoms with van der Waals surface area (Å²) in [6.45, 7) is 5.14. The minimum absolute atomic E-state index is 0.104. The fourth-order valence-electron chi connectivity index (χ4n) is 1.32. The standard InChI is InChI=1S/C12H15F2NO/c1-7(2)15(4)12(16)11-9(13)5-8(3)6-10(11)14/h5-7H,1-4H3. The molecule has 1 amide bonds. The molecule has 0 aromatic heterocycles. The van der Waals surface area contributed by atoms with Crippen molar-refractivity contribution in [2.24, 2.45) is 0 Å². The summed E-state index contributed by atoms with van der Waals surface area (Å²) in [5.74, 6) is -2.25. The van der Waals surface area contributed by atoms with Crippen LogP contribution < -0.4 is 0 Å². The molecule has 0 saturated carbocycles. The Kier molecular flexibility index (Phi) is 3.62. The summed E-state index contributed by atoms with van der Waals surface area (Å²) in [6.07, 6.45) is 0. The van der Waals surface area contributed by atoms with Gasteiger partial charge in [0, 0.05) is 13.1 Å². The molecule has 0 N–H and O–H groups in total. The molecule has 0 spiro atoms. The van der Waals surface area contributed by atoms with E-state index in [0.29, 0.717) is 5.56 Å². The summed E-state index contributed by atoms with van der Waals surface area (Å²) in [5, 5.41) is 0. The lowest BCUT2D eigenvalue weighted by Gasteiger charge is -2.22. The third-order valence-corrected chi connectivity index (χ3v) is 2.50. The van der Waals surface area contributed by atoms with Gasteiger partial charge in [-0.3, -0.25) is 4.79 Å². The van der Waals surface area contributed by atoms with Crippen LogP contribution in [0.25, 0.3) is 0 Å². The van der Waals surface area contributed by atoms with E-state index in [1.54, 1.807) is 20.8 Å². The topological polar surface area (TPSA) is 20.3 Å². The molecule has 1 aromatic rings. The molecule has 0 heterocycles. The van der Waals surface area contributed by atoms with Crippen LogP contribution in [0.2, 0.25) is 0 Å². The summed E-state index contributed by atoms with van der Waals surface area (Å²) in [5.41, 5.74) is -0.0273. The lowest BCUT2D eigenvalue weighted by molar-refractivity contribution is 0.0745. The molecule has 4 heteroatoms.